The molecule has 0 bridgehead atoms. The molecule has 0 aromatic heterocycles. The molecule has 3 aromatic carbocycles. The van der Waals surface area contributed by atoms with Crippen LogP contribution in [0.4, 0.5) is 5.69 Å². The first-order valence-electron chi connectivity index (χ1n) is 10.5. The van der Waals surface area contributed by atoms with Crippen molar-refractivity contribution < 1.29 is 9.53 Å². The molecular formula is C26H25Cl2NO2. The first kappa shape index (κ1) is 21.7. The molecule has 1 amide bonds. The number of aryl methyl sites for hydroxylation is 2. The Bertz CT molecular complexity index is 1080. The van der Waals surface area contributed by atoms with Crippen molar-refractivity contribution in [1.82, 2.24) is 0 Å². The molecule has 0 saturated heterocycles. The standard InChI is InChI=1S/C26H25Cl2NO2/c1-16-12-21(31-11-10-18-6-4-3-5-7-18)13-17(2)24(16)26(30)29-20-14-22(19-8-9-19)25(28)23(27)15-20/h3-7,12-15,19H,8-11H2,1-2H3,(H,29,30). The van der Waals surface area contributed by atoms with Crippen LogP contribution in [0, 0.1) is 13.8 Å². The summed E-state index contributed by atoms with van der Waals surface area (Å²) in [6, 6.07) is 17.7. The molecule has 0 atom stereocenters. The number of rotatable bonds is 7. The fraction of sp³-hybridized carbons (Fsp3) is 0.269. The zero-order valence-corrected chi connectivity index (χ0v) is 19.2. The van der Waals surface area contributed by atoms with Gasteiger partial charge in [-0.15, -0.1) is 0 Å². The van der Waals surface area contributed by atoms with Gasteiger partial charge in [0.25, 0.3) is 5.91 Å². The molecule has 0 radical (unpaired) electrons. The summed E-state index contributed by atoms with van der Waals surface area (Å²) >= 11 is 12.6. The van der Waals surface area contributed by atoms with Crippen LogP contribution >= 0.6 is 23.2 Å². The lowest BCUT2D eigenvalue weighted by atomic mass is 10.0. The maximum Gasteiger partial charge on any atom is 0.256 e. The first-order valence-corrected chi connectivity index (χ1v) is 11.3. The Labute approximate surface area is 193 Å². The zero-order chi connectivity index (χ0) is 22.0. The summed E-state index contributed by atoms with van der Waals surface area (Å²) in [5.41, 5.74) is 5.31. The van der Waals surface area contributed by atoms with E-state index < -0.39 is 0 Å². The highest BCUT2D eigenvalue weighted by molar-refractivity contribution is 6.42. The van der Waals surface area contributed by atoms with Crippen LogP contribution < -0.4 is 10.1 Å². The molecule has 0 aliphatic heterocycles. The van der Waals surface area contributed by atoms with Crippen LogP contribution in [0.3, 0.4) is 0 Å². The van der Waals surface area contributed by atoms with Gasteiger partial charge in [0.15, 0.2) is 0 Å². The maximum absolute atomic E-state index is 13.0. The molecule has 160 valence electrons. The van der Waals surface area contributed by atoms with Crippen molar-refractivity contribution in [3.05, 3.63) is 92.5 Å². The molecule has 5 heteroatoms. The fourth-order valence-electron chi connectivity index (χ4n) is 3.86. The number of carbonyl (C=O) groups is 1. The first-order chi connectivity index (χ1) is 14.9. The van der Waals surface area contributed by atoms with Crippen molar-refractivity contribution in [3.63, 3.8) is 0 Å². The quantitative estimate of drug-likeness (QED) is 0.405. The van der Waals surface area contributed by atoms with Crippen LogP contribution in [0.5, 0.6) is 5.75 Å². The SMILES string of the molecule is Cc1cc(OCCc2ccccc2)cc(C)c1C(=O)Nc1cc(Cl)c(Cl)c(C2CC2)c1. The summed E-state index contributed by atoms with van der Waals surface area (Å²) in [6.45, 7) is 4.44. The van der Waals surface area contributed by atoms with Crippen molar-refractivity contribution in [2.45, 2.75) is 39.0 Å². The lowest BCUT2D eigenvalue weighted by molar-refractivity contribution is 0.102. The predicted octanol–water partition coefficient (Wildman–Crippen LogP) is 7.36. The minimum absolute atomic E-state index is 0.161. The molecule has 1 N–H and O–H groups in total. The second kappa shape index (κ2) is 9.33. The van der Waals surface area contributed by atoms with E-state index in [0.29, 0.717) is 33.8 Å². The summed E-state index contributed by atoms with van der Waals surface area (Å²) in [5, 5.41) is 4.05. The molecule has 0 heterocycles. The third kappa shape index (κ3) is 5.23. The van der Waals surface area contributed by atoms with Gasteiger partial charge >= 0.3 is 0 Å². The Morgan fingerprint density at radius 3 is 2.35 bits per heavy atom. The molecule has 3 nitrogen and oxygen atoms in total. The van der Waals surface area contributed by atoms with Gasteiger partial charge in [0.2, 0.25) is 0 Å². The number of benzene rings is 3. The highest BCUT2D eigenvalue weighted by Gasteiger charge is 2.27. The van der Waals surface area contributed by atoms with Crippen LogP contribution in [0.25, 0.3) is 0 Å². The van der Waals surface area contributed by atoms with E-state index >= 15 is 0 Å². The number of hydrogen-bond donors (Lipinski definition) is 1. The molecule has 31 heavy (non-hydrogen) atoms. The van der Waals surface area contributed by atoms with Crippen LogP contribution in [0.2, 0.25) is 10.0 Å². The molecule has 0 spiro atoms. The molecule has 0 unspecified atom stereocenters. The Morgan fingerprint density at radius 1 is 1.03 bits per heavy atom. The fourth-order valence-corrected chi connectivity index (χ4v) is 4.35. The topological polar surface area (TPSA) is 38.3 Å². The normalized spacial score (nSPS) is 13.2. The lowest BCUT2D eigenvalue weighted by Crippen LogP contribution is -2.15. The summed E-state index contributed by atoms with van der Waals surface area (Å²) in [7, 11) is 0. The number of halogens is 2. The molecule has 1 saturated carbocycles. The van der Waals surface area contributed by atoms with Gasteiger partial charge in [0, 0.05) is 17.7 Å². The van der Waals surface area contributed by atoms with Gasteiger partial charge in [-0.25, -0.2) is 0 Å². The van der Waals surface area contributed by atoms with Crippen LogP contribution in [-0.4, -0.2) is 12.5 Å². The van der Waals surface area contributed by atoms with Gasteiger partial charge in [0.1, 0.15) is 5.75 Å². The van der Waals surface area contributed by atoms with E-state index in [1.54, 1.807) is 6.07 Å². The van der Waals surface area contributed by atoms with Crippen LogP contribution in [0.15, 0.2) is 54.6 Å². The molecule has 3 aromatic rings. The highest BCUT2D eigenvalue weighted by Crippen LogP contribution is 2.46. The van der Waals surface area contributed by atoms with Gasteiger partial charge in [-0.1, -0.05) is 53.5 Å². The number of hydrogen-bond acceptors (Lipinski definition) is 2. The van der Waals surface area contributed by atoms with Crippen LogP contribution in [-0.2, 0) is 6.42 Å². The maximum atomic E-state index is 13.0. The van der Waals surface area contributed by atoms with Gasteiger partial charge in [0.05, 0.1) is 16.7 Å². The van der Waals surface area contributed by atoms with Crippen molar-refractivity contribution in [2.24, 2.45) is 0 Å². The third-order valence-electron chi connectivity index (χ3n) is 5.57. The molecule has 1 aliphatic carbocycles. The minimum atomic E-state index is -0.161. The monoisotopic (exact) mass is 453 g/mol. The zero-order valence-electron chi connectivity index (χ0n) is 17.7. The van der Waals surface area contributed by atoms with Gasteiger partial charge in [-0.05, 0) is 79.1 Å². The summed E-state index contributed by atoms with van der Waals surface area (Å²) in [6.07, 6.45) is 3.05. The number of anilines is 1. The smallest absolute Gasteiger partial charge is 0.256 e. The Kier molecular flexibility index (Phi) is 6.54. The van der Waals surface area contributed by atoms with Gasteiger partial charge < -0.3 is 10.1 Å². The van der Waals surface area contributed by atoms with Gasteiger partial charge in [-0.2, -0.15) is 0 Å². The Hall–Kier alpha value is -2.49. The summed E-state index contributed by atoms with van der Waals surface area (Å²) < 4.78 is 5.94. The van der Waals surface area contributed by atoms with E-state index in [0.717, 1.165) is 41.7 Å². The van der Waals surface area contributed by atoms with E-state index in [4.69, 9.17) is 27.9 Å². The van der Waals surface area contributed by atoms with Crippen molar-refractivity contribution in [1.29, 1.82) is 0 Å². The van der Waals surface area contributed by atoms with E-state index in [1.807, 2.05) is 50.2 Å². The lowest BCUT2D eigenvalue weighted by Gasteiger charge is -2.15. The number of nitrogens with one attached hydrogen (secondary N) is 1. The summed E-state index contributed by atoms with van der Waals surface area (Å²) in [5.74, 6) is 1.05. The number of carbonyl (C=O) groups excluding carboxylic acids is 1. The minimum Gasteiger partial charge on any atom is -0.493 e. The number of amides is 1. The Morgan fingerprint density at radius 2 is 1.71 bits per heavy atom. The average molecular weight is 454 g/mol. The van der Waals surface area contributed by atoms with Gasteiger partial charge in [-0.3, -0.25) is 4.79 Å². The predicted molar refractivity (Wildman–Crippen MR) is 128 cm³/mol. The largest absolute Gasteiger partial charge is 0.493 e. The molecule has 1 fully saturated rings. The Balaban J connectivity index is 1.46. The second-order valence-electron chi connectivity index (χ2n) is 8.11. The van der Waals surface area contributed by atoms with E-state index in [1.165, 1.54) is 5.56 Å². The van der Waals surface area contributed by atoms with Crippen LogP contribution in [0.1, 0.15) is 51.4 Å². The molecule has 1 aliphatic rings. The van der Waals surface area contributed by atoms with E-state index in [2.05, 4.69) is 17.4 Å². The van der Waals surface area contributed by atoms with Crippen molar-refractivity contribution in [3.8, 4) is 5.75 Å². The summed E-state index contributed by atoms with van der Waals surface area (Å²) in [4.78, 5) is 13.0. The van der Waals surface area contributed by atoms with Crippen molar-refractivity contribution >= 4 is 34.8 Å². The molecule has 4 rings (SSSR count). The highest BCUT2D eigenvalue weighted by atomic mass is 35.5. The third-order valence-corrected chi connectivity index (χ3v) is 6.38. The second-order valence-corrected chi connectivity index (χ2v) is 8.89. The van der Waals surface area contributed by atoms with E-state index in [9.17, 15) is 4.79 Å². The molecular weight excluding hydrogens is 429 g/mol. The number of ether oxygens (including phenoxy) is 1. The van der Waals surface area contributed by atoms with Crippen molar-refractivity contribution in [2.75, 3.05) is 11.9 Å². The average Bonchev–Trinajstić information content (AvgIpc) is 3.56. The van der Waals surface area contributed by atoms with E-state index in [-0.39, 0.29) is 5.91 Å².